The molecule has 0 atom stereocenters. The Balaban J connectivity index is 1.96. The third-order valence-corrected chi connectivity index (χ3v) is 3.60. The molecule has 0 amide bonds. The van der Waals surface area contributed by atoms with E-state index < -0.39 is 10.7 Å². The van der Waals surface area contributed by atoms with Crippen molar-refractivity contribution < 1.29 is 14.4 Å². The number of nitro benzene ring substituents is 1. The highest BCUT2D eigenvalue weighted by atomic mass is 35.5. The highest BCUT2D eigenvalue weighted by Gasteiger charge is 2.37. The van der Waals surface area contributed by atoms with Gasteiger partial charge in [-0.2, -0.15) is 0 Å². The van der Waals surface area contributed by atoms with Gasteiger partial charge in [0.2, 0.25) is 0 Å². The summed E-state index contributed by atoms with van der Waals surface area (Å²) in [6.07, 6.45) is 0. The van der Waals surface area contributed by atoms with E-state index in [1.807, 2.05) is 0 Å². The Bertz CT molecular complexity index is 786. The van der Waals surface area contributed by atoms with Gasteiger partial charge < -0.3 is 9.47 Å². The Morgan fingerprint density at radius 3 is 2.48 bits per heavy atom. The molecule has 0 aliphatic carbocycles. The Hall–Kier alpha value is -2.39. The maximum Gasteiger partial charge on any atom is 0.270 e. The van der Waals surface area contributed by atoms with E-state index in [4.69, 9.17) is 21.1 Å². The van der Waals surface area contributed by atoms with Crippen LogP contribution in [0, 0.1) is 22.0 Å². The number of nitrogens with zero attached hydrogens (tertiary/aromatic N) is 1. The Labute approximate surface area is 137 Å². The third-order valence-electron chi connectivity index (χ3n) is 3.35. The second kappa shape index (κ2) is 6.39. The quantitative estimate of drug-likeness (QED) is 0.480. The molecule has 1 fully saturated rings. The van der Waals surface area contributed by atoms with Crippen molar-refractivity contribution >= 4 is 17.3 Å². The average Bonchev–Trinajstić information content (AvgIpc) is 3.04. The highest BCUT2D eigenvalue weighted by Crippen LogP contribution is 2.31. The van der Waals surface area contributed by atoms with Gasteiger partial charge in [-0.25, -0.2) is 0 Å². The predicted octanol–water partition coefficient (Wildman–Crippen LogP) is 3.50. The van der Waals surface area contributed by atoms with Gasteiger partial charge in [0.15, 0.2) is 0 Å². The molecule has 1 heterocycles. The molecule has 2 aromatic rings. The van der Waals surface area contributed by atoms with Crippen molar-refractivity contribution in [3.05, 3.63) is 74.8 Å². The highest BCUT2D eigenvalue weighted by molar-refractivity contribution is 6.30. The van der Waals surface area contributed by atoms with E-state index in [1.165, 1.54) is 12.1 Å². The van der Waals surface area contributed by atoms with Gasteiger partial charge in [-0.3, -0.25) is 10.1 Å². The molecule has 23 heavy (non-hydrogen) atoms. The lowest BCUT2D eigenvalue weighted by atomic mass is 10.1. The lowest BCUT2D eigenvalue weighted by molar-refractivity contribution is -0.384. The maximum absolute atomic E-state index is 10.8. The summed E-state index contributed by atoms with van der Waals surface area (Å²) in [7, 11) is 0. The van der Waals surface area contributed by atoms with Crippen LogP contribution in [-0.2, 0) is 15.3 Å². The van der Waals surface area contributed by atoms with Crippen LogP contribution in [0.1, 0.15) is 11.1 Å². The summed E-state index contributed by atoms with van der Waals surface area (Å²) in [5, 5.41) is 11.4. The molecule has 3 rings (SSSR count). The van der Waals surface area contributed by atoms with Crippen molar-refractivity contribution in [3.63, 3.8) is 0 Å². The van der Waals surface area contributed by atoms with Crippen LogP contribution in [0.25, 0.3) is 0 Å². The molecule has 2 aromatic carbocycles. The van der Waals surface area contributed by atoms with Gasteiger partial charge in [-0.1, -0.05) is 35.7 Å². The van der Waals surface area contributed by atoms with Crippen LogP contribution in [0.4, 0.5) is 5.69 Å². The van der Waals surface area contributed by atoms with Gasteiger partial charge in [0, 0.05) is 28.3 Å². The van der Waals surface area contributed by atoms with Crippen LogP contribution in [0.5, 0.6) is 0 Å². The van der Waals surface area contributed by atoms with Crippen molar-refractivity contribution in [2.24, 2.45) is 0 Å². The molecule has 1 aliphatic rings. The zero-order valence-corrected chi connectivity index (χ0v) is 12.7. The summed E-state index contributed by atoms with van der Waals surface area (Å²) in [6, 6.07) is 13.2. The number of benzene rings is 2. The topological polar surface area (TPSA) is 61.6 Å². The number of rotatable bonds is 2. The molecule has 0 N–H and O–H groups in total. The number of nitro groups is 1. The normalized spacial score (nSPS) is 15.7. The number of ether oxygens (including phenoxy) is 2. The minimum Gasteiger partial charge on any atom is -0.334 e. The van der Waals surface area contributed by atoms with E-state index in [9.17, 15) is 10.1 Å². The molecule has 6 heteroatoms. The van der Waals surface area contributed by atoms with Crippen molar-refractivity contribution in [2.75, 3.05) is 13.2 Å². The molecule has 1 saturated heterocycles. The summed E-state index contributed by atoms with van der Waals surface area (Å²) in [4.78, 5) is 10.4. The second-order valence-electron chi connectivity index (χ2n) is 4.88. The number of non-ortho nitro benzene ring substituents is 1. The minimum absolute atomic E-state index is 0.00870. The Morgan fingerprint density at radius 1 is 1.13 bits per heavy atom. The van der Waals surface area contributed by atoms with Crippen LogP contribution in [0.2, 0.25) is 5.02 Å². The number of halogens is 1. The summed E-state index contributed by atoms with van der Waals surface area (Å²) in [6.45, 7) is 0.846. The summed E-state index contributed by atoms with van der Waals surface area (Å²) >= 11 is 5.90. The molecule has 0 spiro atoms. The molecule has 0 unspecified atom stereocenters. The van der Waals surface area contributed by atoms with Crippen LogP contribution < -0.4 is 0 Å². The summed E-state index contributed by atoms with van der Waals surface area (Å²) < 4.78 is 11.4. The van der Waals surface area contributed by atoms with Crippen LogP contribution in [0.15, 0.2) is 48.5 Å². The molecule has 0 aromatic heterocycles. The van der Waals surface area contributed by atoms with Gasteiger partial charge in [0.05, 0.1) is 18.1 Å². The Morgan fingerprint density at radius 2 is 1.83 bits per heavy atom. The lowest BCUT2D eigenvalue weighted by Gasteiger charge is -2.21. The fourth-order valence-corrected chi connectivity index (χ4v) is 2.37. The van der Waals surface area contributed by atoms with E-state index in [0.717, 1.165) is 5.56 Å². The van der Waals surface area contributed by atoms with Gasteiger partial charge in [-0.05, 0) is 24.1 Å². The monoisotopic (exact) mass is 329 g/mol. The SMILES string of the molecule is O=[N+]([O-])c1cccc(C#CC2(c3ccc(Cl)cc3)OCCO2)c1. The molecule has 1 aliphatic heterocycles. The Kier molecular flexibility index (Phi) is 4.30. The van der Waals surface area contributed by atoms with Crippen LogP contribution in [0.3, 0.4) is 0 Å². The second-order valence-corrected chi connectivity index (χ2v) is 5.31. The number of hydrogen-bond donors (Lipinski definition) is 0. The fraction of sp³-hybridized carbons (Fsp3) is 0.176. The van der Waals surface area contributed by atoms with Crippen molar-refractivity contribution in [3.8, 4) is 11.8 Å². The molecular weight excluding hydrogens is 318 g/mol. The zero-order valence-electron chi connectivity index (χ0n) is 12.0. The first kappa shape index (κ1) is 15.5. The van der Waals surface area contributed by atoms with E-state index >= 15 is 0 Å². The summed E-state index contributed by atoms with van der Waals surface area (Å²) in [5.74, 6) is 4.68. The molecule has 0 bridgehead atoms. The van der Waals surface area contributed by atoms with Crippen molar-refractivity contribution in [2.45, 2.75) is 5.79 Å². The third kappa shape index (κ3) is 3.35. The van der Waals surface area contributed by atoms with E-state index in [1.54, 1.807) is 36.4 Å². The fourth-order valence-electron chi connectivity index (χ4n) is 2.24. The first-order chi connectivity index (χ1) is 11.1. The van der Waals surface area contributed by atoms with Gasteiger partial charge in [0.1, 0.15) is 0 Å². The van der Waals surface area contributed by atoms with Crippen LogP contribution >= 0.6 is 11.6 Å². The first-order valence-electron chi connectivity index (χ1n) is 6.91. The molecule has 5 nitrogen and oxygen atoms in total. The number of hydrogen-bond acceptors (Lipinski definition) is 4. The van der Waals surface area contributed by atoms with Gasteiger partial charge >= 0.3 is 0 Å². The molecular formula is C17H12ClNO4. The minimum atomic E-state index is -1.17. The lowest BCUT2D eigenvalue weighted by Crippen LogP contribution is -2.24. The van der Waals surface area contributed by atoms with Crippen molar-refractivity contribution in [1.82, 2.24) is 0 Å². The average molecular weight is 330 g/mol. The molecule has 0 radical (unpaired) electrons. The van der Waals surface area contributed by atoms with E-state index in [0.29, 0.717) is 23.8 Å². The molecule has 116 valence electrons. The largest absolute Gasteiger partial charge is 0.334 e. The maximum atomic E-state index is 10.8. The zero-order chi connectivity index (χ0) is 16.3. The smallest absolute Gasteiger partial charge is 0.270 e. The molecule has 0 saturated carbocycles. The van der Waals surface area contributed by atoms with Crippen LogP contribution in [-0.4, -0.2) is 18.1 Å². The van der Waals surface area contributed by atoms with E-state index in [2.05, 4.69) is 11.8 Å². The summed E-state index contributed by atoms with van der Waals surface area (Å²) in [5.41, 5.74) is 1.24. The predicted molar refractivity (Wildman–Crippen MR) is 85.0 cm³/mol. The van der Waals surface area contributed by atoms with Gasteiger partial charge in [0.25, 0.3) is 11.5 Å². The first-order valence-corrected chi connectivity index (χ1v) is 7.28. The standard InChI is InChI=1S/C17H12ClNO4/c18-15-6-4-14(5-7-15)17(22-10-11-23-17)9-8-13-2-1-3-16(12-13)19(20)21/h1-7,12H,10-11H2. The van der Waals surface area contributed by atoms with Gasteiger partial charge in [-0.15, -0.1) is 0 Å². The van der Waals surface area contributed by atoms with Crippen molar-refractivity contribution in [1.29, 1.82) is 0 Å². The van der Waals surface area contributed by atoms with E-state index in [-0.39, 0.29) is 5.69 Å².